The van der Waals surface area contributed by atoms with Crippen molar-refractivity contribution in [1.29, 1.82) is 0 Å². The van der Waals surface area contributed by atoms with Gasteiger partial charge in [-0.05, 0) is 29.8 Å². The minimum atomic E-state index is -0.611. The van der Waals surface area contributed by atoms with E-state index in [2.05, 4.69) is 0 Å². The van der Waals surface area contributed by atoms with Crippen LogP contribution in [0.4, 0.5) is 5.69 Å². The third-order valence-corrected chi connectivity index (χ3v) is 3.61. The highest BCUT2D eigenvalue weighted by Crippen LogP contribution is 2.35. The molecule has 0 radical (unpaired) electrons. The molecule has 0 aliphatic carbocycles. The number of fused-ring (bicyclic) bond motifs is 1. The van der Waals surface area contributed by atoms with E-state index in [4.69, 9.17) is 14.2 Å². The molecule has 0 unspecified atom stereocenters. The SMILES string of the molecule is COc1ccc(C=C2OC(=O)c3cc([N+](=O)[O-])ccc32)cc1OC. The summed E-state index contributed by atoms with van der Waals surface area (Å²) in [7, 11) is 3.07. The van der Waals surface area contributed by atoms with Crippen LogP contribution < -0.4 is 9.47 Å². The van der Waals surface area contributed by atoms with Crippen molar-refractivity contribution in [3.8, 4) is 11.5 Å². The molecule has 7 nitrogen and oxygen atoms in total. The normalized spacial score (nSPS) is 14.2. The van der Waals surface area contributed by atoms with Gasteiger partial charge in [0.05, 0.1) is 24.7 Å². The van der Waals surface area contributed by atoms with Crippen molar-refractivity contribution in [3.05, 3.63) is 63.2 Å². The molecule has 24 heavy (non-hydrogen) atoms. The zero-order valence-electron chi connectivity index (χ0n) is 12.9. The number of non-ortho nitro benzene ring substituents is 1. The van der Waals surface area contributed by atoms with Crippen molar-refractivity contribution < 1.29 is 23.9 Å². The Bertz CT molecular complexity index is 871. The fourth-order valence-corrected chi connectivity index (χ4v) is 2.44. The minimum absolute atomic E-state index is 0.155. The van der Waals surface area contributed by atoms with Gasteiger partial charge in [0.25, 0.3) is 5.69 Å². The molecule has 2 aromatic carbocycles. The number of benzene rings is 2. The number of nitro groups is 1. The number of carbonyl (C=O) groups excluding carboxylic acids is 1. The fourth-order valence-electron chi connectivity index (χ4n) is 2.44. The van der Waals surface area contributed by atoms with E-state index in [0.717, 1.165) is 5.56 Å². The van der Waals surface area contributed by atoms with Crippen LogP contribution in [0.25, 0.3) is 11.8 Å². The first-order chi connectivity index (χ1) is 11.5. The first-order valence-corrected chi connectivity index (χ1v) is 6.98. The highest BCUT2D eigenvalue weighted by molar-refractivity contribution is 6.06. The van der Waals surface area contributed by atoms with Crippen molar-refractivity contribution >= 4 is 23.5 Å². The number of nitrogens with zero attached hydrogens (tertiary/aromatic N) is 1. The van der Waals surface area contributed by atoms with Crippen LogP contribution in [0.15, 0.2) is 36.4 Å². The van der Waals surface area contributed by atoms with Gasteiger partial charge >= 0.3 is 5.97 Å². The number of methoxy groups -OCH3 is 2. The van der Waals surface area contributed by atoms with E-state index in [0.29, 0.717) is 22.8 Å². The van der Waals surface area contributed by atoms with Gasteiger partial charge in [-0.2, -0.15) is 0 Å². The molecule has 1 aliphatic rings. The third-order valence-electron chi connectivity index (χ3n) is 3.61. The zero-order chi connectivity index (χ0) is 17.3. The number of ether oxygens (including phenoxy) is 3. The molecule has 1 aliphatic heterocycles. The summed E-state index contributed by atoms with van der Waals surface area (Å²) in [6.45, 7) is 0. The van der Waals surface area contributed by atoms with Gasteiger partial charge in [-0.1, -0.05) is 6.07 Å². The lowest BCUT2D eigenvalue weighted by atomic mass is 10.1. The van der Waals surface area contributed by atoms with Gasteiger partial charge in [0.2, 0.25) is 0 Å². The van der Waals surface area contributed by atoms with Crippen molar-refractivity contribution in [2.24, 2.45) is 0 Å². The fraction of sp³-hybridized carbons (Fsp3) is 0.118. The summed E-state index contributed by atoms with van der Waals surface area (Å²) in [5.74, 6) is 0.844. The van der Waals surface area contributed by atoms with Gasteiger partial charge in [0.1, 0.15) is 5.76 Å². The highest BCUT2D eigenvalue weighted by atomic mass is 16.6. The molecule has 0 N–H and O–H groups in total. The number of rotatable bonds is 4. The molecule has 0 aromatic heterocycles. The van der Waals surface area contributed by atoms with Gasteiger partial charge in [0.15, 0.2) is 11.5 Å². The second kappa shape index (κ2) is 6.04. The molecule has 0 saturated carbocycles. The lowest BCUT2D eigenvalue weighted by molar-refractivity contribution is -0.384. The largest absolute Gasteiger partial charge is 0.493 e. The standard InChI is InChI=1S/C17H13NO6/c1-22-14-6-3-10(8-16(14)23-2)7-15-12-5-4-11(18(20)21)9-13(12)17(19)24-15/h3-9H,1-2H3. The van der Waals surface area contributed by atoms with Crippen LogP contribution >= 0.6 is 0 Å². The maximum Gasteiger partial charge on any atom is 0.344 e. The molecule has 122 valence electrons. The smallest absolute Gasteiger partial charge is 0.344 e. The Morgan fingerprint density at radius 1 is 1.04 bits per heavy atom. The second-order valence-electron chi connectivity index (χ2n) is 5.00. The molecule has 1 heterocycles. The molecule has 0 atom stereocenters. The van der Waals surface area contributed by atoms with Crippen molar-refractivity contribution in [1.82, 2.24) is 0 Å². The quantitative estimate of drug-likeness (QED) is 0.486. The van der Waals surface area contributed by atoms with E-state index in [-0.39, 0.29) is 11.3 Å². The molecule has 0 spiro atoms. The number of esters is 1. The van der Waals surface area contributed by atoms with Crippen LogP contribution in [0.5, 0.6) is 11.5 Å². The van der Waals surface area contributed by atoms with E-state index < -0.39 is 10.9 Å². The topological polar surface area (TPSA) is 87.9 Å². The number of hydrogen-bond acceptors (Lipinski definition) is 6. The Morgan fingerprint density at radius 2 is 1.79 bits per heavy atom. The maximum atomic E-state index is 11.9. The average Bonchev–Trinajstić information content (AvgIpc) is 2.90. The molecule has 0 saturated heterocycles. The Labute approximate surface area is 137 Å². The van der Waals surface area contributed by atoms with Gasteiger partial charge in [-0.25, -0.2) is 4.79 Å². The second-order valence-corrected chi connectivity index (χ2v) is 5.00. The van der Waals surface area contributed by atoms with E-state index >= 15 is 0 Å². The van der Waals surface area contributed by atoms with Gasteiger partial charge in [0, 0.05) is 17.7 Å². The van der Waals surface area contributed by atoms with Crippen molar-refractivity contribution in [2.45, 2.75) is 0 Å². The molecule has 7 heteroatoms. The lowest BCUT2D eigenvalue weighted by Crippen LogP contribution is -1.95. The van der Waals surface area contributed by atoms with Crippen LogP contribution in [0, 0.1) is 10.1 Å². The summed E-state index contributed by atoms with van der Waals surface area (Å²) in [6, 6.07) is 9.31. The molecular weight excluding hydrogens is 314 g/mol. The van der Waals surface area contributed by atoms with Crippen LogP contribution in [0.1, 0.15) is 21.5 Å². The Balaban J connectivity index is 2.02. The summed E-state index contributed by atoms with van der Waals surface area (Å²) in [4.78, 5) is 22.2. The molecule has 0 fully saturated rings. The van der Waals surface area contributed by atoms with Gasteiger partial charge in [-0.15, -0.1) is 0 Å². The molecule has 2 aromatic rings. The molecule has 0 amide bonds. The third kappa shape index (κ3) is 2.67. The van der Waals surface area contributed by atoms with Crippen LogP contribution in [0.3, 0.4) is 0 Å². The highest BCUT2D eigenvalue weighted by Gasteiger charge is 2.28. The van der Waals surface area contributed by atoms with Gasteiger partial charge in [-0.3, -0.25) is 10.1 Å². The minimum Gasteiger partial charge on any atom is -0.493 e. The van der Waals surface area contributed by atoms with E-state index in [1.165, 1.54) is 32.4 Å². The molecule has 0 bridgehead atoms. The average molecular weight is 327 g/mol. The van der Waals surface area contributed by atoms with Crippen LogP contribution in [-0.4, -0.2) is 25.1 Å². The summed E-state index contributed by atoms with van der Waals surface area (Å²) in [5.41, 5.74) is 1.27. The summed E-state index contributed by atoms with van der Waals surface area (Å²) < 4.78 is 15.6. The summed E-state index contributed by atoms with van der Waals surface area (Å²) in [6.07, 6.45) is 1.66. The van der Waals surface area contributed by atoms with Crippen LogP contribution in [0.2, 0.25) is 0 Å². The predicted molar refractivity (Wildman–Crippen MR) is 85.9 cm³/mol. The monoisotopic (exact) mass is 327 g/mol. The number of nitro benzene ring substituents is 1. The Hall–Kier alpha value is -3.35. The van der Waals surface area contributed by atoms with E-state index in [1.807, 2.05) is 0 Å². The van der Waals surface area contributed by atoms with Crippen molar-refractivity contribution in [2.75, 3.05) is 14.2 Å². The van der Waals surface area contributed by atoms with Gasteiger partial charge < -0.3 is 14.2 Å². The zero-order valence-corrected chi connectivity index (χ0v) is 12.9. The number of carbonyl (C=O) groups is 1. The van der Waals surface area contributed by atoms with E-state index in [1.54, 1.807) is 24.3 Å². The number of hydrogen-bond donors (Lipinski definition) is 0. The lowest BCUT2D eigenvalue weighted by Gasteiger charge is -2.08. The molecule has 3 rings (SSSR count). The van der Waals surface area contributed by atoms with Crippen LogP contribution in [-0.2, 0) is 4.74 Å². The predicted octanol–water partition coefficient (Wildman–Crippen LogP) is 3.28. The summed E-state index contributed by atoms with van der Waals surface area (Å²) in [5, 5.41) is 10.8. The Morgan fingerprint density at radius 3 is 2.46 bits per heavy atom. The summed E-state index contributed by atoms with van der Waals surface area (Å²) >= 11 is 0. The maximum absolute atomic E-state index is 11.9. The molecular formula is C17H13NO6. The van der Waals surface area contributed by atoms with Crippen molar-refractivity contribution in [3.63, 3.8) is 0 Å². The number of cyclic esters (lactones) is 1. The van der Waals surface area contributed by atoms with E-state index in [9.17, 15) is 14.9 Å². The first-order valence-electron chi connectivity index (χ1n) is 6.98. The first kappa shape index (κ1) is 15.5. The Kier molecular flexibility index (Phi) is 3.91.